The van der Waals surface area contributed by atoms with Gasteiger partial charge >= 0.3 is 0 Å². The molecule has 1 aliphatic heterocycles. The maximum Gasteiger partial charge on any atom is 0.119 e. The molecule has 2 fully saturated rings. The van der Waals surface area contributed by atoms with Gasteiger partial charge in [0.25, 0.3) is 0 Å². The van der Waals surface area contributed by atoms with Crippen molar-refractivity contribution in [1.29, 1.82) is 0 Å². The van der Waals surface area contributed by atoms with E-state index in [0.717, 1.165) is 41.8 Å². The third-order valence-corrected chi connectivity index (χ3v) is 6.01. The first-order chi connectivity index (χ1) is 15.1. The summed E-state index contributed by atoms with van der Waals surface area (Å²) < 4.78 is 0. The molecule has 0 atom stereocenters. The molecule has 2 aromatic carbocycles. The lowest BCUT2D eigenvalue weighted by atomic mass is 9.94. The van der Waals surface area contributed by atoms with Crippen LogP contribution in [-0.4, -0.2) is 34.2 Å². The molecule has 160 valence electrons. The van der Waals surface area contributed by atoms with Crippen molar-refractivity contribution in [2.75, 3.05) is 13.1 Å². The van der Waals surface area contributed by atoms with Crippen molar-refractivity contribution in [3.8, 4) is 11.5 Å². The number of rotatable bonds is 7. The van der Waals surface area contributed by atoms with Gasteiger partial charge in [0.15, 0.2) is 0 Å². The molecule has 0 aromatic heterocycles. The van der Waals surface area contributed by atoms with Crippen LogP contribution in [0.25, 0.3) is 12.2 Å². The summed E-state index contributed by atoms with van der Waals surface area (Å²) in [5.41, 5.74) is 6.86. The van der Waals surface area contributed by atoms with E-state index in [9.17, 15) is 10.2 Å². The molecule has 1 heterocycles. The first kappa shape index (κ1) is 21.2. The van der Waals surface area contributed by atoms with Crippen LogP contribution in [0.5, 0.6) is 11.5 Å². The number of phenols is 2. The van der Waals surface area contributed by atoms with E-state index in [1.807, 2.05) is 24.3 Å². The standard InChI is InChI=1S/C28H31NO2/c1-3-5-24-16-20(7-11-27(24)30)13-22-15-23(19-29(18-22)26-9-10-26)14-21-8-12-28(31)25(17-21)6-4-2/h3-4,7-8,11-14,16-17,26,30-31H,1-2,5-6,9-10,15,18-19H2/b22-13+,23-14+. The van der Waals surface area contributed by atoms with Crippen molar-refractivity contribution in [3.63, 3.8) is 0 Å². The van der Waals surface area contributed by atoms with Crippen molar-refractivity contribution < 1.29 is 10.2 Å². The summed E-state index contributed by atoms with van der Waals surface area (Å²) in [6.45, 7) is 9.57. The van der Waals surface area contributed by atoms with E-state index in [2.05, 4.69) is 42.3 Å². The molecule has 2 N–H and O–H groups in total. The van der Waals surface area contributed by atoms with Gasteiger partial charge in [-0.2, -0.15) is 0 Å². The number of phenolic OH excluding ortho intramolecular Hbond substituents is 2. The minimum Gasteiger partial charge on any atom is -0.508 e. The molecule has 0 unspecified atom stereocenters. The average Bonchev–Trinajstić information content (AvgIpc) is 3.59. The zero-order chi connectivity index (χ0) is 21.8. The topological polar surface area (TPSA) is 43.7 Å². The Morgan fingerprint density at radius 3 is 1.71 bits per heavy atom. The monoisotopic (exact) mass is 413 g/mol. The lowest BCUT2D eigenvalue weighted by Gasteiger charge is -2.31. The number of likely N-dealkylation sites (tertiary alicyclic amines) is 1. The van der Waals surface area contributed by atoms with Crippen molar-refractivity contribution in [3.05, 3.63) is 95.1 Å². The minimum atomic E-state index is 0.327. The summed E-state index contributed by atoms with van der Waals surface area (Å²) in [4.78, 5) is 2.58. The van der Waals surface area contributed by atoms with Gasteiger partial charge in [0.2, 0.25) is 0 Å². The molecule has 0 spiro atoms. The highest BCUT2D eigenvalue weighted by Crippen LogP contribution is 2.34. The van der Waals surface area contributed by atoms with Gasteiger partial charge in [-0.05, 0) is 78.6 Å². The van der Waals surface area contributed by atoms with E-state index in [4.69, 9.17) is 0 Å². The van der Waals surface area contributed by atoms with E-state index in [1.165, 1.54) is 24.0 Å². The van der Waals surface area contributed by atoms with Crippen LogP contribution in [0, 0.1) is 0 Å². The van der Waals surface area contributed by atoms with Crippen molar-refractivity contribution in [1.82, 2.24) is 4.90 Å². The van der Waals surface area contributed by atoms with Gasteiger partial charge in [-0.1, -0.05) is 47.6 Å². The minimum absolute atomic E-state index is 0.327. The molecule has 2 aromatic rings. The molecule has 0 bridgehead atoms. The highest BCUT2D eigenvalue weighted by atomic mass is 16.3. The SMILES string of the molecule is C=CCc1cc(/C=C2\C/C(=C\c3ccc(O)c(CC=C)c3)CN(C3CC3)C2)ccc1O. The van der Waals surface area contributed by atoms with E-state index in [1.54, 1.807) is 12.1 Å². The van der Waals surface area contributed by atoms with Crippen LogP contribution < -0.4 is 0 Å². The van der Waals surface area contributed by atoms with Crippen LogP contribution in [-0.2, 0) is 12.8 Å². The number of aromatic hydroxyl groups is 2. The van der Waals surface area contributed by atoms with E-state index in [-0.39, 0.29) is 0 Å². The second-order valence-corrected chi connectivity index (χ2v) is 8.68. The number of benzene rings is 2. The molecular weight excluding hydrogens is 382 g/mol. The van der Waals surface area contributed by atoms with Crippen LogP contribution >= 0.6 is 0 Å². The van der Waals surface area contributed by atoms with Crippen molar-refractivity contribution in [2.45, 2.75) is 38.1 Å². The summed E-state index contributed by atoms with van der Waals surface area (Å²) in [5.74, 6) is 0.655. The van der Waals surface area contributed by atoms with E-state index < -0.39 is 0 Å². The Balaban J connectivity index is 1.62. The number of allylic oxidation sites excluding steroid dienone is 2. The Kier molecular flexibility index (Phi) is 6.43. The summed E-state index contributed by atoms with van der Waals surface area (Å²) in [6.07, 6.45) is 13.0. The maximum atomic E-state index is 10.1. The van der Waals surface area contributed by atoms with Crippen LogP contribution in [0.4, 0.5) is 0 Å². The number of hydrogen-bond donors (Lipinski definition) is 2. The lowest BCUT2D eigenvalue weighted by Crippen LogP contribution is -2.34. The van der Waals surface area contributed by atoms with Gasteiger partial charge in [-0.25, -0.2) is 0 Å². The predicted molar refractivity (Wildman–Crippen MR) is 129 cm³/mol. The second-order valence-electron chi connectivity index (χ2n) is 8.68. The molecule has 3 heteroatoms. The van der Waals surface area contributed by atoms with Gasteiger partial charge in [0, 0.05) is 19.1 Å². The van der Waals surface area contributed by atoms with Crippen molar-refractivity contribution >= 4 is 12.2 Å². The molecular formula is C28H31NO2. The molecule has 0 radical (unpaired) electrons. The van der Waals surface area contributed by atoms with Crippen molar-refractivity contribution in [2.24, 2.45) is 0 Å². The number of piperidine rings is 1. The maximum absolute atomic E-state index is 10.1. The molecule has 3 nitrogen and oxygen atoms in total. The summed E-state index contributed by atoms with van der Waals surface area (Å²) in [5, 5.41) is 20.1. The highest BCUT2D eigenvalue weighted by molar-refractivity contribution is 5.61. The molecule has 4 rings (SSSR count). The fourth-order valence-electron chi connectivity index (χ4n) is 4.37. The normalized spacial score (nSPS) is 19.6. The van der Waals surface area contributed by atoms with Crippen LogP contribution in [0.15, 0.2) is 72.9 Å². The smallest absolute Gasteiger partial charge is 0.119 e. The van der Waals surface area contributed by atoms with Crippen LogP contribution in [0.2, 0.25) is 0 Å². The van der Waals surface area contributed by atoms with Gasteiger partial charge in [-0.3, -0.25) is 4.90 Å². The first-order valence-electron chi connectivity index (χ1n) is 11.0. The summed E-state index contributed by atoms with van der Waals surface area (Å²) >= 11 is 0. The lowest BCUT2D eigenvalue weighted by molar-refractivity contribution is 0.292. The quantitative estimate of drug-likeness (QED) is 0.556. The Hall–Kier alpha value is -3.04. The fourth-order valence-corrected chi connectivity index (χ4v) is 4.37. The third kappa shape index (κ3) is 5.36. The van der Waals surface area contributed by atoms with E-state index >= 15 is 0 Å². The summed E-state index contributed by atoms with van der Waals surface area (Å²) in [6, 6.07) is 12.3. The first-order valence-corrected chi connectivity index (χ1v) is 11.0. The Morgan fingerprint density at radius 2 is 1.29 bits per heavy atom. The van der Waals surface area contributed by atoms with Crippen LogP contribution in [0.1, 0.15) is 41.5 Å². The summed E-state index contributed by atoms with van der Waals surface area (Å²) in [7, 11) is 0. The molecule has 1 saturated heterocycles. The second kappa shape index (κ2) is 9.40. The Morgan fingerprint density at radius 1 is 0.806 bits per heavy atom. The molecule has 2 aliphatic rings. The number of nitrogens with zero attached hydrogens (tertiary/aromatic N) is 1. The highest BCUT2D eigenvalue weighted by Gasteiger charge is 2.32. The fraction of sp³-hybridized carbons (Fsp3) is 0.286. The zero-order valence-corrected chi connectivity index (χ0v) is 18.1. The van der Waals surface area contributed by atoms with Crippen LogP contribution in [0.3, 0.4) is 0 Å². The largest absolute Gasteiger partial charge is 0.508 e. The molecule has 31 heavy (non-hydrogen) atoms. The predicted octanol–water partition coefficient (Wildman–Crippen LogP) is 5.89. The average molecular weight is 414 g/mol. The molecule has 1 aliphatic carbocycles. The molecule has 1 saturated carbocycles. The Bertz CT molecular complexity index is 965. The molecule has 0 amide bonds. The van der Waals surface area contributed by atoms with Gasteiger partial charge in [-0.15, -0.1) is 13.2 Å². The number of hydrogen-bond acceptors (Lipinski definition) is 3. The Labute approximate surface area is 185 Å². The van der Waals surface area contributed by atoms with Gasteiger partial charge in [0.1, 0.15) is 11.5 Å². The zero-order valence-electron chi connectivity index (χ0n) is 18.1. The van der Waals surface area contributed by atoms with Gasteiger partial charge in [0.05, 0.1) is 0 Å². The van der Waals surface area contributed by atoms with E-state index in [0.29, 0.717) is 30.4 Å². The van der Waals surface area contributed by atoms with Gasteiger partial charge < -0.3 is 10.2 Å². The third-order valence-electron chi connectivity index (χ3n) is 6.01.